The summed E-state index contributed by atoms with van der Waals surface area (Å²) in [7, 11) is 3.14. The summed E-state index contributed by atoms with van der Waals surface area (Å²) < 4.78 is 0. The maximum atomic E-state index is 11.2. The monoisotopic (exact) mass is 188 g/mol. The SMILES string of the molecule is CCCC(C(N)=O)C(=O)ON(C)C. The van der Waals surface area contributed by atoms with Gasteiger partial charge in [0.2, 0.25) is 5.91 Å². The van der Waals surface area contributed by atoms with E-state index in [2.05, 4.69) is 0 Å². The molecular formula is C8H16N2O3. The normalized spacial score (nSPS) is 12.6. The molecule has 0 aromatic carbocycles. The van der Waals surface area contributed by atoms with Crippen LogP contribution in [0.2, 0.25) is 0 Å². The lowest BCUT2D eigenvalue weighted by atomic mass is 10.0. The molecular weight excluding hydrogens is 172 g/mol. The van der Waals surface area contributed by atoms with Crippen molar-refractivity contribution in [1.82, 2.24) is 5.06 Å². The fourth-order valence-electron chi connectivity index (χ4n) is 0.909. The minimum absolute atomic E-state index is 0.433. The molecule has 2 N–H and O–H groups in total. The molecule has 0 aromatic rings. The highest BCUT2D eigenvalue weighted by molar-refractivity contribution is 5.96. The third kappa shape index (κ3) is 4.47. The van der Waals surface area contributed by atoms with Gasteiger partial charge in [0, 0.05) is 14.1 Å². The Morgan fingerprint density at radius 1 is 1.46 bits per heavy atom. The minimum Gasteiger partial charge on any atom is -0.369 e. The predicted molar refractivity (Wildman–Crippen MR) is 47.4 cm³/mol. The number of rotatable bonds is 5. The number of carbonyl (C=O) groups is 2. The molecule has 13 heavy (non-hydrogen) atoms. The van der Waals surface area contributed by atoms with E-state index in [0.29, 0.717) is 6.42 Å². The van der Waals surface area contributed by atoms with E-state index in [9.17, 15) is 9.59 Å². The first-order valence-electron chi connectivity index (χ1n) is 4.17. The molecule has 5 nitrogen and oxygen atoms in total. The van der Waals surface area contributed by atoms with Gasteiger partial charge in [-0.1, -0.05) is 13.3 Å². The Morgan fingerprint density at radius 2 is 2.00 bits per heavy atom. The molecule has 5 heteroatoms. The Balaban J connectivity index is 4.20. The highest BCUT2D eigenvalue weighted by Gasteiger charge is 2.25. The van der Waals surface area contributed by atoms with Crippen LogP contribution in [0.15, 0.2) is 0 Å². The molecule has 0 aliphatic rings. The van der Waals surface area contributed by atoms with Crippen LogP contribution in [0.1, 0.15) is 19.8 Å². The Bertz CT molecular complexity index is 192. The van der Waals surface area contributed by atoms with Gasteiger partial charge in [0.15, 0.2) is 0 Å². The molecule has 0 saturated carbocycles. The molecule has 0 bridgehead atoms. The van der Waals surface area contributed by atoms with Crippen LogP contribution >= 0.6 is 0 Å². The number of amides is 1. The zero-order valence-corrected chi connectivity index (χ0v) is 8.24. The quantitative estimate of drug-likeness (QED) is 0.483. The van der Waals surface area contributed by atoms with E-state index in [1.54, 1.807) is 14.1 Å². The standard InChI is InChI=1S/C8H16N2O3/c1-4-5-6(7(9)11)8(12)13-10(2)3/h6H,4-5H2,1-3H3,(H2,9,11). The van der Waals surface area contributed by atoms with Crippen molar-refractivity contribution in [2.45, 2.75) is 19.8 Å². The van der Waals surface area contributed by atoms with Gasteiger partial charge in [-0.05, 0) is 6.42 Å². The Hall–Kier alpha value is -1.10. The van der Waals surface area contributed by atoms with Gasteiger partial charge in [-0.2, -0.15) is 0 Å². The van der Waals surface area contributed by atoms with E-state index in [1.807, 2.05) is 6.92 Å². The van der Waals surface area contributed by atoms with E-state index in [1.165, 1.54) is 5.06 Å². The zero-order valence-electron chi connectivity index (χ0n) is 8.24. The largest absolute Gasteiger partial charge is 0.369 e. The molecule has 1 atom stereocenters. The van der Waals surface area contributed by atoms with E-state index in [4.69, 9.17) is 10.6 Å². The number of hydrogen-bond acceptors (Lipinski definition) is 4. The Labute approximate surface area is 77.8 Å². The van der Waals surface area contributed by atoms with Crippen molar-refractivity contribution in [3.63, 3.8) is 0 Å². The van der Waals surface area contributed by atoms with E-state index in [-0.39, 0.29) is 0 Å². The molecule has 76 valence electrons. The average Bonchev–Trinajstić information content (AvgIpc) is 1.97. The van der Waals surface area contributed by atoms with Gasteiger partial charge >= 0.3 is 5.97 Å². The summed E-state index contributed by atoms with van der Waals surface area (Å²) in [5.74, 6) is -2.04. The molecule has 0 fully saturated rings. The van der Waals surface area contributed by atoms with Crippen molar-refractivity contribution in [2.75, 3.05) is 14.1 Å². The van der Waals surface area contributed by atoms with E-state index >= 15 is 0 Å². The van der Waals surface area contributed by atoms with Gasteiger partial charge in [-0.3, -0.25) is 4.79 Å². The minimum atomic E-state index is -0.826. The smallest absolute Gasteiger partial charge is 0.337 e. The summed E-state index contributed by atoms with van der Waals surface area (Å²) in [6.45, 7) is 1.87. The maximum absolute atomic E-state index is 11.2. The molecule has 0 saturated heterocycles. The number of nitrogens with zero attached hydrogens (tertiary/aromatic N) is 1. The van der Waals surface area contributed by atoms with Crippen LogP contribution in [-0.4, -0.2) is 31.0 Å². The van der Waals surface area contributed by atoms with Gasteiger partial charge in [0.25, 0.3) is 0 Å². The van der Waals surface area contributed by atoms with Crippen molar-refractivity contribution >= 4 is 11.9 Å². The Kier molecular flexibility index (Phi) is 5.06. The molecule has 0 rings (SSSR count). The van der Waals surface area contributed by atoms with Gasteiger partial charge in [0.1, 0.15) is 5.92 Å². The number of primary amides is 1. The van der Waals surface area contributed by atoms with Crippen LogP contribution in [0.4, 0.5) is 0 Å². The van der Waals surface area contributed by atoms with Crippen LogP contribution in [0.5, 0.6) is 0 Å². The van der Waals surface area contributed by atoms with Crippen molar-refractivity contribution in [1.29, 1.82) is 0 Å². The van der Waals surface area contributed by atoms with E-state index in [0.717, 1.165) is 6.42 Å². The molecule has 0 aliphatic heterocycles. The fraction of sp³-hybridized carbons (Fsp3) is 0.750. The van der Waals surface area contributed by atoms with Crippen LogP contribution in [0.3, 0.4) is 0 Å². The summed E-state index contributed by atoms with van der Waals surface area (Å²) >= 11 is 0. The first-order valence-corrected chi connectivity index (χ1v) is 4.17. The molecule has 1 amide bonds. The average molecular weight is 188 g/mol. The molecule has 0 spiro atoms. The summed E-state index contributed by atoms with van der Waals surface area (Å²) in [6, 6.07) is 0. The third-order valence-electron chi connectivity index (χ3n) is 1.48. The molecule has 0 aliphatic carbocycles. The van der Waals surface area contributed by atoms with Crippen LogP contribution in [0, 0.1) is 5.92 Å². The fourth-order valence-corrected chi connectivity index (χ4v) is 0.909. The topological polar surface area (TPSA) is 72.6 Å². The zero-order chi connectivity index (χ0) is 10.4. The van der Waals surface area contributed by atoms with Crippen LogP contribution in [0.25, 0.3) is 0 Å². The molecule has 0 heterocycles. The van der Waals surface area contributed by atoms with Gasteiger partial charge in [0.05, 0.1) is 0 Å². The van der Waals surface area contributed by atoms with Gasteiger partial charge in [-0.25, -0.2) is 4.79 Å². The van der Waals surface area contributed by atoms with Gasteiger partial charge in [-0.15, -0.1) is 5.06 Å². The van der Waals surface area contributed by atoms with Crippen molar-refractivity contribution in [3.05, 3.63) is 0 Å². The predicted octanol–water partition coefficient (Wildman–Crippen LogP) is -0.0922. The van der Waals surface area contributed by atoms with Crippen molar-refractivity contribution < 1.29 is 14.4 Å². The van der Waals surface area contributed by atoms with Gasteiger partial charge < -0.3 is 10.6 Å². The second-order valence-corrected chi connectivity index (χ2v) is 2.97. The number of nitrogens with two attached hydrogens (primary N) is 1. The second kappa shape index (κ2) is 5.53. The lowest BCUT2D eigenvalue weighted by molar-refractivity contribution is -0.184. The highest BCUT2D eigenvalue weighted by atomic mass is 16.7. The number of hydrogen-bond donors (Lipinski definition) is 1. The van der Waals surface area contributed by atoms with E-state index < -0.39 is 17.8 Å². The summed E-state index contributed by atoms with van der Waals surface area (Å²) in [5.41, 5.74) is 5.04. The number of carbonyl (C=O) groups excluding carboxylic acids is 2. The number of hydroxylamine groups is 2. The van der Waals surface area contributed by atoms with Crippen molar-refractivity contribution in [3.8, 4) is 0 Å². The maximum Gasteiger partial charge on any atom is 0.337 e. The first kappa shape index (κ1) is 11.9. The summed E-state index contributed by atoms with van der Waals surface area (Å²) in [4.78, 5) is 26.8. The highest BCUT2D eigenvalue weighted by Crippen LogP contribution is 2.08. The summed E-state index contributed by atoms with van der Waals surface area (Å²) in [6.07, 6.45) is 1.15. The van der Waals surface area contributed by atoms with Crippen LogP contribution in [-0.2, 0) is 14.4 Å². The lowest BCUT2D eigenvalue weighted by Crippen LogP contribution is -2.34. The molecule has 0 radical (unpaired) electrons. The van der Waals surface area contributed by atoms with Crippen LogP contribution < -0.4 is 5.73 Å². The lowest BCUT2D eigenvalue weighted by Gasteiger charge is -2.14. The molecule has 1 unspecified atom stereocenters. The third-order valence-corrected chi connectivity index (χ3v) is 1.48. The Morgan fingerprint density at radius 3 is 2.31 bits per heavy atom. The second-order valence-electron chi connectivity index (χ2n) is 2.97. The molecule has 0 aromatic heterocycles. The first-order chi connectivity index (χ1) is 5.99. The van der Waals surface area contributed by atoms with Crippen molar-refractivity contribution in [2.24, 2.45) is 11.7 Å². The summed E-state index contributed by atoms with van der Waals surface area (Å²) in [5, 5.41) is 1.24.